The predicted octanol–water partition coefficient (Wildman–Crippen LogP) is 6.18. The molecule has 2 aromatic carbocycles. The smallest absolute Gasteiger partial charge is 0.262 e. The maximum Gasteiger partial charge on any atom is 0.262 e. The van der Waals surface area contributed by atoms with Crippen molar-refractivity contribution in [3.05, 3.63) is 57.0 Å². The second-order valence-corrected chi connectivity index (χ2v) is 6.69. The molecular weight excluding hydrogens is 369 g/mol. The number of rotatable bonds is 6. The van der Waals surface area contributed by atoms with Crippen molar-refractivity contribution in [2.24, 2.45) is 0 Å². The van der Waals surface area contributed by atoms with Crippen LogP contribution in [0.25, 0.3) is 0 Å². The molecule has 0 spiro atoms. The Labute approximate surface area is 156 Å². The standard InChI is InChI=1S/C18H18Cl3NO2/c1-3-11(2)12-4-6-13(7-5-12)22-18(23)10-24-17-9-15(20)14(19)8-16(17)21/h4-9,11H,3,10H2,1-2H3,(H,22,23)/t11-/m1/s1. The molecule has 0 aliphatic carbocycles. The monoisotopic (exact) mass is 385 g/mol. The molecule has 0 aromatic heterocycles. The van der Waals surface area contributed by atoms with Gasteiger partial charge in [0.2, 0.25) is 0 Å². The molecule has 0 fully saturated rings. The van der Waals surface area contributed by atoms with Crippen molar-refractivity contribution in [3.8, 4) is 5.75 Å². The third kappa shape index (κ3) is 5.04. The van der Waals surface area contributed by atoms with Crippen LogP contribution in [0, 0.1) is 0 Å². The lowest BCUT2D eigenvalue weighted by atomic mass is 9.99. The number of ether oxygens (including phenoxy) is 1. The minimum Gasteiger partial charge on any atom is -0.482 e. The normalized spacial score (nSPS) is 11.9. The van der Waals surface area contributed by atoms with E-state index in [2.05, 4.69) is 19.2 Å². The van der Waals surface area contributed by atoms with Gasteiger partial charge in [-0.25, -0.2) is 0 Å². The van der Waals surface area contributed by atoms with Crippen LogP contribution in [-0.2, 0) is 4.79 Å². The van der Waals surface area contributed by atoms with Crippen molar-refractivity contribution in [1.29, 1.82) is 0 Å². The van der Waals surface area contributed by atoms with E-state index in [-0.39, 0.29) is 12.5 Å². The average molecular weight is 387 g/mol. The summed E-state index contributed by atoms with van der Waals surface area (Å²) in [4.78, 5) is 12.0. The van der Waals surface area contributed by atoms with Crippen LogP contribution in [0.2, 0.25) is 15.1 Å². The fourth-order valence-electron chi connectivity index (χ4n) is 2.09. The first-order chi connectivity index (χ1) is 11.4. The topological polar surface area (TPSA) is 38.3 Å². The van der Waals surface area contributed by atoms with Crippen LogP contribution in [0.5, 0.6) is 5.75 Å². The van der Waals surface area contributed by atoms with E-state index < -0.39 is 0 Å². The average Bonchev–Trinajstić information content (AvgIpc) is 2.57. The zero-order valence-electron chi connectivity index (χ0n) is 13.4. The molecule has 0 unspecified atom stereocenters. The van der Waals surface area contributed by atoms with E-state index in [1.54, 1.807) is 0 Å². The Bertz CT molecular complexity index is 717. The molecule has 0 radical (unpaired) electrons. The first-order valence-electron chi connectivity index (χ1n) is 7.57. The number of benzene rings is 2. The van der Waals surface area contributed by atoms with E-state index in [0.717, 1.165) is 12.1 Å². The highest BCUT2D eigenvalue weighted by molar-refractivity contribution is 6.43. The minimum absolute atomic E-state index is 0.176. The number of carbonyl (C=O) groups excluding carboxylic acids is 1. The van der Waals surface area contributed by atoms with Crippen LogP contribution >= 0.6 is 34.8 Å². The van der Waals surface area contributed by atoms with Crippen molar-refractivity contribution in [2.75, 3.05) is 11.9 Å². The fraction of sp³-hybridized carbons (Fsp3) is 0.278. The second-order valence-electron chi connectivity index (χ2n) is 5.46. The summed E-state index contributed by atoms with van der Waals surface area (Å²) in [7, 11) is 0. The molecule has 1 N–H and O–H groups in total. The van der Waals surface area contributed by atoms with Crippen molar-refractivity contribution < 1.29 is 9.53 Å². The fourth-order valence-corrected chi connectivity index (χ4v) is 2.68. The second kappa shape index (κ2) is 8.61. The van der Waals surface area contributed by atoms with Gasteiger partial charge in [0.15, 0.2) is 6.61 Å². The number of nitrogens with one attached hydrogen (secondary N) is 1. The molecule has 128 valence electrons. The van der Waals surface area contributed by atoms with E-state index >= 15 is 0 Å². The van der Waals surface area contributed by atoms with Gasteiger partial charge < -0.3 is 10.1 Å². The summed E-state index contributed by atoms with van der Waals surface area (Å²) in [6, 6.07) is 10.8. The molecule has 3 nitrogen and oxygen atoms in total. The first-order valence-corrected chi connectivity index (χ1v) is 8.71. The zero-order valence-corrected chi connectivity index (χ0v) is 15.7. The summed E-state index contributed by atoms with van der Waals surface area (Å²) in [5.41, 5.74) is 1.96. The molecule has 0 aliphatic heterocycles. The summed E-state index contributed by atoms with van der Waals surface area (Å²) in [6.45, 7) is 4.14. The van der Waals surface area contributed by atoms with Crippen LogP contribution in [0.3, 0.4) is 0 Å². The van der Waals surface area contributed by atoms with Gasteiger partial charge in [-0.05, 0) is 36.1 Å². The van der Waals surface area contributed by atoms with E-state index in [1.165, 1.54) is 17.7 Å². The van der Waals surface area contributed by atoms with Gasteiger partial charge in [-0.15, -0.1) is 0 Å². The molecule has 2 rings (SSSR count). The van der Waals surface area contributed by atoms with Gasteiger partial charge in [-0.3, -0.25) is 4.79 Å². The van der Waals surface area contributed by atoms with Crippen LogP contribution in [0.15, 0.2) is 36.4 Å². The minimum atomic E-state index is -0.284. The third-order valence-corrected chi connectivity index (χ3v) is 4.73. The Hall–Kier alpha value is -1.42. The van der Waals surface area contributed by atoms with E-state index in [0.29, 0.717) is 26.7 Å². The lowest BCUT2D eigenvalue weighted by Crippen LogP contribution is -2.20. The van der Waals surface area contributed by atoms with Gasteiger partial charge in [-0.2, -0.15) is 0 Å². The molecule has 24 heavy (non-hydrogen) atoms. The number of hydrogen-bond donors (Lipinski definition) is 1. The highest BCUT2D eigenvalue weighted by Crippen LogP contribution is 2.33. The van der Waals surface area contributed by atoms with Gasteiger partial charge in [0.05, 0.1) is 15.1 Å². The molecule has 1 atom stereocenters. The summed E-state index contributed by atoms with van der Waals surface area (Å²) in [6.07, 6.45) is 1.07. The Kier molecular flexibility index (Phi) is 6.79. The van der Waals surface area contributed by atoms with Gasteiger partial charge in [-0.1, -0.05) is 60.8 Å². The van der Waals surface area contributed by atoms with Gasteiger partial charge in [0.25, 0.3) is 5.91 Å². The van der Waals surface area contributed by atoms with Crippen molar-refractivity contribution >= 4 is 46.4 Å². The quantitative estimate of drug-likeness (QED) is 0.602. The van der Waals surface area contributed by atoms with E-state index in [1.807, 2.05) is 24.3 Å². The first kappa shape index (κ1) is 18.9. The summed E-state index contributed by atoms with van der Waals surface area (Å²) in [5, 5.41) is 3.73. The molecule has 1 amide bonds. The Morgan fingerprint density at radius 2 is 1.71 bits per heavy atom. The van der Waals surface area contributed by atoms with E-state index in [9.17, 15) is 4.79 Å². The Morgan fingerprint density at radius 1 is 1.08 bits per heavy atom. The zero-order chi connectivity index (χ0) is 17.7. The number of hydrogen-bond acceptors (Lipinski definition) is 2. The summed E-state index contributed by atoms with van der Waals surface area (Å²) >= 11 is 17.8. The Balaban J connectivity index is 1.93. The number of anilines is 1. The largest absolute Gasteiger partial charge is 0.482 e. The highest BCUT2D eigenvalue weighted by Gasteiger charge is 2.10. The SMILES string of the molecule is CC[C@@H](C)c1ccc(NC(=O)COc2cc(Cl)c(Cl)cc2Cl)cc1. The lowest BCUT2D eigenvalue weighted by molar-refractivity contribution is -0.118. The number of amides is 1. The molecule has 0 saturated heterocycles. The number of carbonyl (C=O) groups is 1. The number of halogens is 3. The van der Waals surface area contributed by atoms with Crippen molar-refractivity contribution in [3.63, 3.8) is 0 Å². The predicted molar refractivity (Wildman–Crippen MR) is 101 cm³/mol. The Morgan fingerprint density at radius 3 is 2.33 bits per heavy atom. The van der Waals surface area contributed by atoms with Crippen LogP contribution in [0.4, 0.5) is 5.69 Å². The molecule has 0 aliphatic rings. The molecule has 6 heteroatoms. The van der Waals surface area contributed by atoms with Crippen molar-refractivity contribution in [1.82, 2.24) is 0 Å². The summed E-state index contributed by atoms with van der Waals surface area (Å²) < 4.78 is 5.40. The van der Waals surface area contributed by atoms with E-state index in [4.69, 9.17) is 39.5 Å². The van der Waals surface area contributed by atoms with Gasteiger partial charge in [0, 0.05) is 11.8 Å². The van der Waals surface area contributed by atoms with Crippen molar-refractivity contribution in [2.45, 2.75) is 26.2 Å². The van der Waals surface area contributed by atoms with Gasteiger partial charge >= 0.3 is 0 Å². The summed E-state index contributed by atoms with van der Waals surface area (Å²) in [5.74, 6) is 0.525. The maximum atomic E-state index is 12.0. The molecule has 0 heterocycles. The molecular formula is C18H18Cl3NO2. The third-order valence-electron chi connectivity index (χ3n) is 3.71. The van der Waals surface area contributed by atoms with Gasteiger partial charge in [0.1, 0.15) is 5.75 Å². The highest BCUT2D eigenvalue weighted by atomic mass is 35.5. The lowest BCUT2D eigenvalue weighted by Gasteiger charge is -2.12. The van der Waals surface area contributed by atoms with Crippen LogP contribution < -0.4 is 10.1 Å². The molecule has 0 bridgehead atoms. The maximum absolute atomic E-state index is 12.0. The van der Waals surface area contributed by atoms with Crippen LogP contribution in [-0.4, -0.2) is 12.5 Å². The molecule has 2 aromatic rings. The van der Waals surface area contributed by atoms with Crippen LogP contribution in [0.1, 0.15) is 31.7 Å². The molecule has 0 saturated carbocycles.